The Balaban J connectivity index is 2.21. The van der Waals surface area contributed by atoms with Gasteiger partial charge in [-0.05, 0) is 49.7 Å². The highest BCUT2D eigenvalue weighted by molar-refractivity contribution is 7.99. The highest BCUT2D eigenvalue weighted by Crippen LogP contribution is 2.30. The van der Waals surface area contributed by atoms with E-state index >= 15 is 0 Å². The van der Waals surface area contributed by atoms with Gasteiger partial charge < -0.3 is 5.11 Å². The van der Waals surface area contributed by atoms with Crippen LogP contribution < -0.4 is 5.56 Å². The van der Waals surface area contributed by atoms with E-state index in [-0.39, 0.29) is 5.56 Å². The van der Waals surface area contributed by atoms with E-state index in [0.29, 0.717) is 21.8 Å². The normalized spacial score (nSPS) is 12.2. The number of rotatable bonds is 4. The highest BCUT2D eigenvalue weighted by atomic mass is 32.2. The number of hydrogen-bond donors (Lipinski definition) is 1. The van der Waals surface area contributed by atoms with Crippen molar-refractivity contribution in [2.75, 3.05) is 0 Å². The molecule has 1 aromatic heterocycles. The first-order valence-electron chi connectivity index (χ1n) is 7.78. The Morgan fingerprint density at radius 2 is 1.88 bits per heavy atom. The lowest BCUT2D eigenvalue weighted by molar-refractivity contribution is 0.190. The number of aliphatic hydroxyl groups excluding tert-OH is 1. The largest absolute Gasteiger partial charge is 0.387 e. The Morgan fingerprint density at radius 1 is 1.16 bits per heavy atom. The van der Waals surface area contributed by atoms with Crippen molar-refractivity contribution in [3.8, 4) is 5.69 Å². The van der Waals surface area contributed by atoms with Crippen molar-refractivity contribution in [2.45, 2.75) is 29.7 Å². The van der Waals surface area contributed by atoms with Crippen LogP contribution in [0.25, 0.3) is 5.69 Å². The number of halogens is 1. The quantitative estimate of drug-likeness (QED) is 0.771. The molecule has 0 aliphatic rings. The molecule has 3 aromatic rings. The van der Waals surface area contributed by atoms with Crippen LogP contribution in [0.4, 0.5) is 4.39 Å². The zero-order valence-corrected chi connectivity index (χ0v) is 14.6. The number of aliphatic hydroxyl groups is 1. The summed E-state index contributed by atoms with van der Waals surface area (Å²) in [6, 6.07) is 15.1. The second-order valence-corrected chi connectivity index (χ2v) is 6.71. The van der Waals surface area contributed by atoms with Crippen molar-refractivity contribution in [1.82, 2.24) is 9.78 Å². The molecule has 0 aliphatic carbocycles. The van der Waals surface area contributed by atoms with Crippen molar-refractivity contribution in [3.05, 3.63) is 82.0 Å². The van der Waals surface area contributed by atoms with Gasteiger partial charge in [-0.15, -0.1) is 0 Å². The molecule has 1 N–H and O–H groups in total. The molecule has 6 heteroatoms. The molecule has 0 radical (unpaired) electrons. The smallest absolute Gasteiger partial charge is 0.285 e. The standard InChI is InChI=1S/C19H17FN2O2S/c1-12-17(13(2)23)21-22(15-8-6-7-14(20)11-15)19(24)18(12)25-16-9-4-3-5-10-16/h3-11,13,23H,1-2H3. The van der Waals surface area contributed by atoms with Crippen LogP contribution in [0.15, 0.2) is 69.2 Å². The summed E-state index contributed by atoms with van der Waals surface area (Å²) in [7, 11) is 0. The van der Waals surface area contributed by atoms with Gasteiger partial charge in [-0.1, -0.05) is 36.0 Å². The lowest BCUT2D eigenvalue weighted by Crippen LogP contribution is -2.26. The maximum absolute atomic E-state index is 13.6. The molecular formula is C19H17FN2O2S. The third-order valence-electron chi connectivity index (χ3n) is 3.73. The van der Waals surface area contributed by atoms with Crippen LogP contribution in [0.3, 0.4) is 0 Å². The Labute approximate surface area is 149 Å². The Morgan fingerprint density at radius 3 is 2.52 bits per heavy atom. The first kappa shape index (κ1) is 17.4. The topological polar surface area (TPSA) is 55.1 Å². The van der Waals surface area contributed by atoms with E-state index in [1.807, 2.05) is 30.3 Å². The SMILES string of the molecule is Cc1c(C(C)O)nn(-c2cccc(F)c2)c(=O)c1Sc1ccccc1. The third-order valence-corrected chi connectivity index (χ3v) is 4.92. The fraction of sp³-hybridized carbons (Fsp3) is 0.158. The van der Waals surface area contributed by atoms with Crippen LogP contribution >= 0.6 is 11.8 Å². The molecule has 3 rings (SSSR count). The average molecular weight is 356 g/mol. The van der Waals surface area contributed by atoms with Crippen molar-refractivity contribution in [1.29, 1.82) is 0 Å². The molecule has 1 unspecified atom stereocenters. The molecule has 2 aromatic carbocycles. The molecule has 0 aliphatic heterocycles. The van der Waals surface area contributed by atoms with Crippen LogP contribution in [0.5, 0.6) is 0 Å². The minimum absolute atomic E-state index is 0.321. The van der Waals surface area contributed by atoms with Crippen LogP contribution in [0, 0.1) is 12.7 Å². The van der Waals surface area contributed by atoms with Gasteiger partial charge in [0.2, 0.25) is 0 Å². The van der Waals surface area contributed by atoms with Gasteiger partial charge in [0.1, 0.15) is 5.82 Å². The number of benzene rings is 2. The molecule has 25 heavy (non-hydrogen) atoms. The van der Waals surface area contributed by atoms with E-state index in [4.69, 9.17) is 0 Å². The second kappa shape index (κ2) is 7.21. The summed E-state index contributed by atoms with van der Waals surface area (Å²) in [4.78, 5) is 14.3. The Bertz CT molecular complexity index is 955. The predicted octanol–water partition coefficient (Wildman–Crippen LogP) is 3.88. The van der Waals surface area contributed by atoms with Gasteiger partial charge in [-0.3, -0.25) is 4.79 Å². The molecule has 0 amide bonds. The van der Waals surface area contributed by atoms with Gasteiger partial charge in [0, 0.05) is 4.90 Å². The van der Waals surface area contributed by atoms with Gasteiger partial charge >= 0.3 is 0 Å². The Hall–Kier alpha value is -2.44. The summed E-state index contributed by atoms with van der Waals surface area (Å²) < 4.78 is 14.7. The summed E-state index contributed by atoms with van der Waals surface area (Å²) in [5.74, 6) is -0.456. The van der Waals surface area contributed by atoms with E-state index in [1.54, 1.807) is 19.9 Å². The van der Waals surface area contributed by atoms with Gasteiger partial charge in [-0.25, -0.2) is 4.39 Å². The molecule has 0 fully saturated rings. The minimum Gasteiger partial charge on any atom is -0.387 e. The van der Waals surface area contributed by atoms with Gasteiger partial charge in [0.05, 0.1) is 22.4 Å². The zero-order chi connectivity index (χ0) is 18.0. The maximum Gasteiger partial charge on any atom is 0.285 e. The summed E-state index contributed by atoms with van der Waals surface area (Å²) in [5, 5.41) is 14.3. The lowest BCUT2D eigenvalue weighted by atomic mass is 10.1. The van der Waals surface area contributed by atoms with Crippen molar-refractivity contribution in [2.24, 2.45) is 0 Å². The zero-order valence-electron chi connectivity index (χ0n) is 13.8. The van der Waals surface area contributed by atoms with E-state index in [0.717, 1.165) is 9.58 Å². The Kier molecular flexibility index (Phi) is 5.01. The maximum atomic E-state index is 13.6. The summed E-state index contributed by atoms with van der Waals surface area (Å²) >= 11 is 1.31. The van der Waals surface area contributed by atoms with Crippen molar-refractivity contribution >= 4 is 11.8 Å². The number of aromatic nitrogens is 2. The number of hydrogen-bond acceptors (Lipinski definition) is 4. The molecule has 128 valence electrons. The highest BCUT2D eigenvalue weighted by Gasteiger charge is 2.19. The molecular weight excluding hydrogens is 339 g/mol. The van der Waals surface area contributed by atoms with Crippen LogP contribution in [-0.4, -0.2) is 14.9 Å². The molecule has 0 saturated carbocycles. The number of nitrogens with zero attached hydrogens (tertiary/aromatic N) is 2. The fourth-order valence-electron chi connectivity index (χ4n) is 2.51. The first-order chi connectivity index (χ1) is 12.0. The van der Waals surface area contributed by atoms with E-state index in [2.05, 4.69) is 5.10 Å². The monoisotopic (exact) mass is 356 g/mol. The molecule has 0 bridgehead atoms. The third kappa shape index (κ3) is 3.65. The lowest BCUT2D eigenvalue weighted by Gasteiger charge is -2.15. The summed E-state index contributed by atoms with van der Waals surface area (Å²) in [5.41, 5.74) is 0.993. The average Bonchev–Trinajstić information content (AvgIpc) is 2.59. The summed E-state index contributed by atoms with van der Waals surface area (Å²) in [6.45, 7) is 3.35. The van der Waals surface area contributed by atoms with E-state index in [1.165, 1.54) is 30.0 Å². The fourth-order valence-corrected chi connectivity index (χ4v) is 3.47. The molecule has 0 saturated heterocycles. The molecule has 4 nitrogen and oxygen atoms in total. The van der Waals surface area contributed by atoms with Crippen LogP contribution in [-0.2, 0) is 0 Å². The van der Waals surface area contributed by atoms with Crippen LogP contribution in [0.2, 0.25) is 0 Å². The first-order valence-corrected chi connectivity index (χ1v) is 8.59. The molecule has 0 spiro atoms. The van der Waals surface area contributed by atoms with Crippen LogP contribution in [0.1, 0.15) is 24.3 Å². The summed E-state index contributed by atoms with van der Waals surface area (Å²) in [6.07, 6.45) is -0.851. The second-order valence-electron chi connectivity index (χ2n) is 5.63. The van der Waals surface area contributed by atoms with E-state index in [9.17, 15) is 14.3 Å². The van der Waals surface area contributed by atoms with Crippen molar-refractivity contribution < 1.29 is 9.50 Å². The van der Waals surface area contributed by atoms with Crippen molar-refractivity contribution in [3.63, 3.8) is 0 Å². The van der Waals surface area contributed by atoms with E-state index < -0.39 is 11.9 Å². The van der Waals surface area contributed by atoms with Gasteiger partial charge in [0.15, 0.2) is 0 Å². The molecule has 1 atom stereocenters. The van der Waals surface area contributed by atoms with Gasteiger partial charge in [0.25, 0.3) is 5.56 Å². The van der Waals surface area contributed by atoms with Gasteiger partial charge in [-0.2, -0.15) is 9.78 Å². The predicted molar refractivity (Wildman–Crippen MR) is 95.7 cm³/mol. The molecule has 1 heterocycles. The minimum atomic E-state index is -0.851.